The largest absolute Gasteiger partial charge is 0.496 e. The van der Waals surface area contributed by atoms with Gasteiger partial charge in [-0.2, -0.15) is 0 Å². The summed E-state index contributed by atoms with van der Waals surface area (Å²) in [5.74, 6) is 0.946. The lowest BCUT2D eigenvalue weighted by Gasteiger charge is -2.33. The Bertz CT molecular complexity index is 938. The minimum absolute atomic E-state index is 0.0768. The van der Waals surface area contributed by atoms with E-state index in [0.29, 0.717) is 13.1 Å². The lowest BCUT2D eigenvalue weighted by molar-refractivity contribution is -0.123. The van der Waals surface area contributed by atoms with Gasteiger partial charge in [0.15, 0.2) is 0 Å². The fourth-order valence-corrected chi connectivity index (χ4v) is 5.12. The molecule has 1 amide bonds. The molecule has 1 aliphatic heterocycles. The summed E-state index contributed by atoms with van der Waals surface area (Å²) in [5.41, 5.74) is 2.17. The smallest absolute Gasteiger partial charge is 0.234 e. The van der Waals surface area contributed by atoms with Gasteiger partial charge in [0.1, 0.15) is 10.8 Å². The summed E-state index contributed by atoms with van der Waals surface area (Å²) in [5, 5.41) is 4.21. The van der Waals surface area contributed by atoms with Crippen LogP contribution in [0.1, 0.15) is 35.9 Å². The molecule has 0 bridgehead atoms. The van der Waals surface area contributed by atoms with Crippen molar-refractivity contribution >= 4 is 27.5 Å². The average molecular weight is 410 g/mol. The molecule has 0 saturated carbocycles. The number of hydrogen-bond donors (Lipinski definition) is 1. The number of thiazole rings is 1. The zero-order valence-corrected chi connectivity index (χ0v) is 17.6. The van der Waals surface area contributed by atoms with E-state index in [0.717, 1.165) is 47.6 Å². The predicted octanol–water partition coefficient (Wildman–Crippen LogP) is 4.19. The molecular formula is C23H27N3O2S. The number of nitrogens with one attached hydrogen (secondary N) is 1. The van der Waals surface area contributed by atoms with E-state index in [1.807, 2.05) is 30.3 Å². The van der Waals surface area contributed by atoms with E-state index in [2.05, 4.69) is 28.4 Å². The molecular weight excluding hydrogens is 382 g/mol. The van der Waals surface area contributed by atoms with E-state index >= 15 is 0 Å². The lowest BCUT2D eigenvalue weighted by atomic mass is 10.0. The molecule has 152 valence electrons. The third kappa shape index (κ3) is 4.77. The van der Waals surface area contributed by atoms with Gasteiger partial charge in [-0.25, -0.2) is 4.98 Å². The van der Waals surface area contributed by atoms with Crippen LogP contribution < -0.4 is 10.1 Å². The Balaban J connectivity index is 1.35. The minimum Gasteiger partial charge on any atom is -0.496 e. The average Bonchev–Trinajstić information content (AvgIpc) is 3.18. The maximum absolute atomic E-state index is 12.6. The van der Waals surface area contributed by atoms with Crippen LogP contribution in [0.3, 0.4) is 0 Å². The number of hydrogen-bond acceptors (Lipinski definition) is 5. The molecule has 29 heavy (non-hydrogen) atoms. The van der Waals surface area contributed by atoms with Crippen LogP contribution in [-0.4, -0.2) is 42.5 Å². The van der Waals surface area contributed by atoms with Crippen molar-refractivity contribution in [1.82, 2.24) is 15.2 Å². The van der Waals surface area contributed by atoms with Crippen LogP contribution in [-0.2, 0) is 11.2 Å². The van der Waals surface area contributed by atoms with Gasteiger partial charge < -0.3 is 10.1 Å². The number of nitrogens with zero attached hydrogens (tertiary/aromatic N) is 2. The number of ether oxygens (including phenoxy) is 1. The fourth-order valence-electron chi connectivity index (χ4n) is 3.98. The zero-order valence-electron chi connectivity index (χ0n) is 16.8. The van der Waals surface area contributed by atoms with Gasteiger partial charge in [0.2, 0.25) is 5.91 Å². The highest BCUT2D eigenvalue weighted by atomic mass is 32.1. The van der Waals surface area contributed by atoms with Gasteiger partial charge >= 0.3 is 0 Å². The van der Waals surface area contributed by atoms with Crippen LogP contribution in [0.25, 0.3) is 10.2 Å². The Morgan fingerprint density at radius 2 is 2.03 bits per heavy atom. The van der Waals surface area contributed by atoms with Crippen molar-refractivity contribution in [1.29, 1.82) is 0 Å². The van der Waals surface area contributed by atoms with Gasteiger partial charge in [-0.15, -0.1) is 11.3 Å². The molecule has 0 radical (unpaired) electrons. The Morgan fingerprint density at radius 3 is 2.90 bits per heavy atom. The molecule has 4 rings (SSSR count). The Kier molecular flexibility index (Phi) is 6.42. The summed E-state index contributed by atoms with van der Waals surface area (Å²) in [4.78, 5) is 19.7. The predicted molar refractivity (Wildman–Crippen MR) is 117 cm³/mol. The second-order valence-corrected chi connectivity index (χ2v) is 8.48. The molecule has 1 aliphatic rings. The Morgan fingerprint density at radius 1 is 1.21 bits per heavy atom. The van der Waals surface area contributed by atoms with E-state index in [1.165, 1.54) is 11.1 Å². The molecule has 0 aliphatic carbocycles. The molecule has 1 N–H and O–H groups in total. The number of rotatable bonds is 7. The van der Waals surface area contributed by atoms with Crippen LogP contribution in [0.15, 0.2) is 48.5 Å². The van der Waals surface area contributed by atoms with Gasteiger partial charge in [0.05, 0.1) is 29.9 Å². The van der Waals surface area contributed by atoms with Crippen molar-refractivity contribution in [3.05, 3.63) is 59.1 Å². The van der Waals surface area contributed by atoms with Crippen molar-refractivity contribution in [2.75, 3.05) is 26.7 Å². The highest BCUT2D eigenvalue weighted by Crippen LogP contribution is 2.35. The summed E-state index contributed by atoms with van der Waals surface area (Å²) < 4.78 is 6.60. The molecule has 1 saturated heterocycles. The molecule has 1 fully saturated rings. The topological polar surface area (TPSA) is 54.5 Å². The van der Waals surface area contributed by atoms with Crippen LogP contribution >= 0.6 is 11.3 Å². The first-order chi connectivity index (χ1) is 14.2. The van der Waals surface area contributed by atoms with Gasteiger partial charge in [-0.1, -0.05) is 36.8 Å². The van der Waals surface area contributed by atoms with Gasteiger partial charge in [0, 0.05) is 6.54 Å². The third-order valence-corrected chi connectivity index (χ3v) is 6.60. The van der Waals surface area contributed by atoms with Crippen molar-refractivity contribution in [3.8, 4) is 5.75 Å². The quantitative estimate of drug-likeness (QED) is 0.636. The van der Waals surface area contributed by atoms with Gasteiger partial charge in [-0.05, 0) is 49.6 Å². The third-order valence-electron chi connectivity index (χ3n) is 5.46. The summed E-state index contributed by atoms with van der Waals surface area (Å²) in [6.07, 6.45) is 4.15. The molecule has 3 aromatic rings. The Hall–Kier alpha value is -2.44. The van der Waals surface area contributed by atoms with Crippen molar-refractivity contribution < 1.29 is 9.53 Å². The van der Waals surface area contributed by atoms with Crippen LogP contribution in [0, 0.1) is 0 Å². The standard InChI is InChI=1S/C23H27N3O2S/c1-28-20-11-4-2-8-17(20)13-14-24-22(27)16-26-15-7-6-10-19(26)23-25-18-9-3-5-12-21(18)29-23/h2-5,8-9,11-12,19H,6-7,10,13-16H2,1H3,(H,24,27)/t19-/m1/s1. The molecule has 6 heteroatoms. The number of likely N-dealkylation sites (tertiary alicyclic amines) is 1. The maximum atomic E-state index is 12.6. The van der Waals surface area contributed by atoms with Gasteiger partial charge in [0.25, 0.3) is 0 Å². The van der Waals surface area contributed by atoms with E-state index in [1.54, 1.807) is 18.4 Å². The molecule has 5 nitrogen and oxygen atoms in total. The number of fused-ring (bicyclic) bond motifs is 1. The summed E-state index contributed by atoms with van der Waals surface area (Å²) >= 11 is 1.76. The number of aromatic nitrogens is 1. The van der Waals surface area contributed by atoms with Crippen LogP contribution in [0.5, 0.6) is 5.75 Å². The number of benzene rings is 2. The van der Waals surface area contributed by atoms with E-state index in [9.17, 15) is 4.79 Å². The Labute approximate surface area is 175 Å². The number of methoxy groups -OCH3 is 1. The molecule has 2 aromatic carbocycles. The molecule has 1 atom stereocenters. The van der Waals surface area contributed by atoms with Crippen molar-refractivity contribution in [3.63, 3.8) is 0 Å². The SMILES string of the molecule is COc1ccccc1CCNC(=O)CN1CCCC[C@@H]1c1nc2ccccc2s1. The van der Waals surface area contributed by atoms with Crippen LogP contribution in [0.2, 0.25) is 0 Å². The second kappa shape index (κ2) is 9.37. The molecule has 0 unspecified atom stereocenters. The van der Waals surface area contributed by atoms with E-state index in [-0.39, 0.29) is 11.9 Å². The molecule has 2 heterocycles. The number of carbonyl (C=O) groups is 1. The van der Waals surface area contributed by atoms with E-state index in [4.69, 9.17) is 9.72 Å². The first-order valence-electron chi connectivity index (χ1n) is 10.2. The summed E-state index contributed by atoms with van der Waals surface area (Å²) in [6.45, 7) is 1.98. The fraction of sp³-hybridized carbons (Fsp3) is 0.391. The van der Waals surface area contributed by atoms with E-state index < -0.39 is 0 Å². The maximum Gasteiger partial charge on any atom is 0.234 e. The summed E-state index contributed by atoms with van der Waals surface area (Å²) in [6, 6.07) is 16.4. The summed E-state index contributed by atoms with van der Waals surface area (Å²) in [7, 11) is 1.68. The van der Waals surface area contributed by atoms with Crippen molar-refractivity contribution in [2.45, 2.75) is 31.7 Å². The monoisotopic (exact) mass is 409 g/mol. The minimum atomic E-state index is 0.0768. The zero-order chi connectivity index (χ0) is 20.1. The number of amides is 1. The first-order valence-corrected chi connectivity index (χ1v) is 11.0. The lowest BCUT2D eigenvalue weighted by Crippen LogP contribution is -2.42. The highest BCUT2D eigenvalue weighted by Gasteiger charge is 2.28. The first kappa shape index (κ1) is 19.9. The van der Waals surface area contributed by atoms with Crippen molar-refractivity contribution in [2.24, 2.45) is 0 Å². The molecule has 1 aromatic heterocycles. The van der Waals surface area contributed by atoms with Crippen LogP contribution in [0.4, 0.5) is 0 Å². The normalized spacial score (nSPS) is 17.3. The molecule has 0 spiro atoms. The highest BCUT2D eigenvalue weighted by molar-refractivity contribution is 7.18. The number of piperidine rings is 1. The second-order valence-electron chi connectivity index (χ2n) is 7.41. The number of para-hydroxylation sites is 2. The van der Waals surface area contributed by atoms with Gasteiger partial charge in [-0.3, -0.25) is 9.69 Å². The number of carbonyl (C=O) groups excluding carboxylic acids is 1.